The first kappa shape index (κ1) is 18.4. The standard InChI is InChI=1S/C20H21NO4Se/c1-12-18(13-6-8-15(26-5)9-7-13)21(20(12)22)14-10-16(23-2)19(25-4)17(11-14)24-3/h6-11,18H,1H2,2-5H3/t18-/m1/s1. The fraction of sp³-hybridized carbons (Fsp3) is 0.250. The summed E-state index contributed by atoms with van der Waals surface area (Å²) >= 11 is 0.446. The number of carbonyl (C=O) groups is 1. The summed E-state index contributed by atoms with van der Waals surface area (Å²) in [5, 5.41) is 0. The van der Waals surface area contributed by atoms with Gasteiger partial charge in [-0.2, -0.15) is 0 Å². The summed E-state index contributed by atoms with van der Waals surface area (Å²) in [5.74, 6) is 3.59. The van der Waals surface area contributed by atoms with Gasteiger partial charge in [0.15, 0.2) is 0 Å². The minimum atomic E-state index is -0.191. The number of ether oxygens (including phenoxy) is 3. The first-order valence-electron chi connectivity index (χ1n) is 8.02. The van der Waals surface area contributed by atoms with Gasteiger partial charge in [0.05, 0.1) is 0 Å². The molecule has 0 N–H and O–H groups in total. The van der Waals surface area contributed by atoms with Crippen LogP contribution in [0.1, 0.15) is 11.6 Å². The van der Waals surface area contributed by atoms with Gasteiger partial charge in [-0.15, -0.1) is 0 Å². The molecule has 0 spiro atoms. The predicted molar refractivity (Wildman–Crippen MR) is 103 cm³/mol. The van der Waals surface area contributed by atoms with E-state index in [2.05, 4.69) is 36.7 Å². The average Bonchev–Trinajstić information content (AvgIpc) is 2.70. The van der Waals surface area contributed by atoms with E-state index >= 15 is 0 Å². The second-order valence-corrected chi connectivity index (χ2v) is 7.61. The second kappa shape index (κ2) is 7.44. The van der Waals surface area contributed by atoms with Crippen molar-refractivity contribution in [3.05, 3.63) is 54.1 Å². The van der Waals surface area contributed by atoms with Crippen LogP contribution in [0.25, 0.3) is 0 Å². The van der Waals surface area contributed by atoms with Gasteiger partial charge in [0.2, 0.25) is 0 Å². The molecule has 1 amide bonds. The van der Waals surface area contributed by atoms with Crippen LogP contribution in [0.15, 0.2) is 48.6 Å². The molecule has 2 aromatic rings. The fourth-order valence-corrected chi connectivity index (χ4v) is 3.94. The molecule has 1 aliphatic heterocycles. The van der Waals surface area contributed by atoms with Gasteiger partial charge in [-0.1, -0.05) is 0 Å². The Morgan fingerprint density at radius 1 is 1.00 bits per heavy atom. The molecule has 136 valence electrons. The van der Waals surface area contributed by atoms with Crippen molar-refractivity contribution in [2.24, 2.45) is 0 Å². The maximum absolute atomic E-state index is 12.5. The van der Waals surface area contributed by atoms with Crippen molar-refractivity contribution in [2.45, 2.75) is 11.9 Å². The Hall–Kier alpha value is -2.43. The van der Waals surface area contributed by atoms with E-state index < -0.39 is 0 Å². The monoisotopic (exact) mass is 419 g/mol. The number of benzene rings is 2. The molecule has 1 fully saturated rings. The Bertz CT molecular complexity index is 822. The number of nitrogens with zero attached hydrogens (tertiary/aromatic N) is 1. The first-order valence-corrected chi connectivity index (χ1v) is 10.6. The molecule has 1 atom stereocenters. The molecule has 0 bridgehead atoms. The van der Waals surface area contributed by atoms with Gasteiger partial charge in [0.1, 0.15) is 0 Å². The Labute approximate surface area is 159 Å². The number of hydrogen-bond donors (Lipinski definition) is 0. The third-order valence-electron chi connectivity index (χ3n) is 4.44. The van der Waals surface area contributed by atoms with Gasteiger partial charge in [-0.05, 0) is 0 Å². The molecule has 2 aromatic carbocycles. The molecule has 3 rings (SSSR count). The minimum absolute atomic E-state index is 0.104. The molecule has 1 heterocycles. The van der Waals surface area contributed by atoms with Crippen LogP contribution in [0.3, 0.4) is 0 Å². The van der Waals surface area contributed by atoms with Crippen LogP contribution in [0.4, 0.5) is 5.69 Å². The van der Waals surface area contributed by atoms with E-state index in [-0.39, 0.29) is 11.9 Å². The Morgan fingerprint density at radius 3 is 2.04 bits per heavy atom. The summed E-state index contributed by atoms with van der Waals surface area (Å²) in [7, 11) is 4.66. The van der Waals surface area contributed by atoms with Crippen molar-refractivity contribution in [2.75, 3.05) is 26.2 Å². The molecular weight excluding hydrogens is 397 g/mol. The predicted octanol–water partition coefficient (Wildman–Crippen LogP) is 2.73. The molecule has 0 saturated carbocycles. The summed E-state index contributed by atoms with van der Waals surface area (Å²) < 4.78 is 17.5. The maximum atomic E-state index is 12.5. The van der Waals surface area contributed by atoms with Crippen LogP contribution in [0.2, 0.25) is 5.82 Å². The molecule has 5 nitrogen and oxygen atoms in total. The molecule has 0 unspecified atom stereocenters. The second-order valence-electron chi connectivity index (χ2n) is 5.76. The zero-order valence-corrected chi connectivity index (χ0v) is 17.0. The first-order chi connectivity index (χ1) is 12.5. The molecule has 1 saturated heterocycles. The number of amides is 1. The molecule has 0 aliphatic carbocycles. The van der Waals surface area contributed by atoms with Crippen LogP contribution >= 0.6 is 0 Å². The molecular formula is C20H21NO4Se. The Balaban J connectivity index is 2.03. The number of hydrogen-bond acceptors (Lipinski definition) is 4. The number of rotatable bonds is 6. The molecule has 1 aliphatic rings. The topological polar surface area (TPSA) is 48.0 Å². The summed E-state index contributed by atoms with van der Waals surface area (Å²) in [6, 6.07) is 11.7. The van der Waals surface area contributed by atoms with Crippen molar-refractivity contribution in [1.82, 2.24) is 0 Å². The molecule has 0 aromatic heterocycles. The molecule has 26 heavy (non-hydrogen) atoms. The van der Waals surface area contributed by atoms with E-state index in [4.69, 9.17) is 14.2 Å². The van der Waals surface area contributed by atoms with Crippen molar-refractivity contribution < 1.29 is 19.0 Å². The van der Waals surface area contributed by atoms with E-state index in [1.165, 1.54) is 4.46 Å². The Morgan fingerprint density at radius 2 is 1.58 bits per heavy atom. The molecule has 0 radical (unpaired) electrons. The van der Waals surface area contributed by atoms with Gasteiger partial charge in [-0.3, -0.25) is 0 Å². The van der Waals surface area contributed by atoms with Crippen molar-refractivity contribution in [1.29, 1.82) is 0 Å². The van der Waals surface area contributed by atoms with Gasteiger partial charge in [0, 0.05) is 0 Å². The van der Waals surface area contributed by atoms with Crippen LogP contribution in [-0.2, 0) is 4.79 Å². The summed E-state index contributed by atoms with van der Waals surface area (Å²) in [6.45, 7) is 3.96. The summed E-state index contributed by atoms with van der Waals surface area (Å²) in [4.78, 5) is 14.2. The summed E-state index contributed by atoms with van der Waals surface area (Å²) in [6.07, 6.45) is 0. The fourth-order valence-electron chi connectivity index (χ4n) is 3.09. The van der Waals surface area contributed by atoms with Gasteiger partial charge in [0.25, 0.3) is 0 Å². The third kappa shape index (κ3) is 2.96. The van der Waals surface area contributed by atoms with E-state index in [1.807, 2.05) is 0 Å². The van der Waals surface area contributed by atoms with Crippen LogP contribution in [-0.4, -0.2) is 42.2 Å². The number of anilines is 1. The van der Waals surface area contributed by atoms with Crippen molar-refractivity contribution in [3.8, 4) is 17.2 Å². The SMILES string of the molecule is C=C1C(=O)N(c2cc(OC)c(OC)c(OC)c2)[C@H]1c1ccc([Se]C)cc1. The quantitative estimate of drug-likeness (QED) is 0.411. The molecule has 6 heteroatoms. The normalized spacial score (nSPS) is 16.3. The van der Waals surface area contributed by atoms with Crippen LogP contribution in [0, 0.1) is 0 Å². The Kier molecular flexibility index (Phi) is 5.25. The zero-order chi connectivity index (χ0) is 18.8. The van der Waals surface area contributed by atoms with Gasteiger partial charge in [-0.25, -0.2) is 0 Å². The van der Waals surface area contributed by atoms with E-state index in [0.717, 1.165) is 5.56 Å². The number of β-lactam (4-membered cyclic amide) rings is 1. The van der Waals surface area contributed by atoms with E-state index in [9.17, 15) is 4.79 Å². The number of carbonyl (C=O) groups excluding carboxylic acids is 1. The van der Waals surface area contributed by atoms with Crippen molar-refractivity contribution >= 4 is 31.0 Å². The number of methoxy groups -OCH3 is 3. The van der Waals surface area contributed by atoms with E-state index in [1.54, 1.807) is 38.4 Å². The van der Waals surface area contributed by atoms with E-state index in [0.29, 0.717) is 43.5 Å². The third-order valence-corrected chi connectivity index (χ3v) is 6.00. The van der Waals surface area contributed by atoms with Crippen LogP contribution in [0.5, 0.6) is 17.2 Å². The van der Waals surface area contributed by atoms with Gasteiger partial charge < -0.3 is 0 Å². The average molecular weight is 418 g/mol. The van der Waals surface area contributed by atoms with Crippen molar-refractivity contribution in [3.63, 3.8) is 0 Å². The van der Waals surface area contributed by atoms with Gasteiger partial charge >= 0.3 is 159 Å². The summed E-state index contributed by atoms with van der Waals surface area (Å²) in [5.41, 5.74) is 2.30. The zero-order valence-electron chi connectivity index (χ0n) is 15.2. The van der Waals surface area contributed by atoms with Crippen LogP contribution < -0.4 is 23.6 Å².